The van der Waals surface area contributed by atoms with Gasteiger partial charge >= 0.3 is 0 Å². The molecule has 1 aromatic heterocycles. The van der Waals surface area contributed by atoms with E-state index in [2.05, 4.69) is 43.1 Å². The molecule has 2 N–H and O–H groups in total. The van der Waals surface area contributed by atoms with Crippen molar-refractivity contribution in [3.63, 3.8) is 0 Å². The molecule has 0 radical (unpaired) electrons. The molecule has 0 aliphatic carbocycles. The second-order valence-corrected chi connectivity index (χ2v) is 4.19. The number of nitrogens with zero attached hydrogens (tertiary/aromatic N) is 2. The van der Waals surface area contributed by atoms with Crippen LogP contribution in [0.2, 0.25) is 0 Å². The maximum Gasteiger partial charge on any atom is 0.131 e. The molecule has 3 heteroatoms. The minimum atomic E-state index is 0.759. The van der Waals surface area contributed by atoms with Crippen molar-refractivity contribution in [2.24, 2.45) is 0 Å². The number of hydrogen-bond acceptors (Lipinski definition) is 2. The zero-order valence-corrected chi connectivity index (χ0v) is 10.7. The summed E-state index contributed by atoms with van der Waals surface area (Å²) in [6, 6.07) is 8.46. The fourth-order valence-corrected chi connectivity index (χ4v) is 2.09. The second kappa shape index (κ2) is 4.62. The number of benzene rings is 1. The molecule has 0 aliphatic rings. The quantitative estimate of drug-likeness (QED) is 0.879. The van der Waals surface area contributed by atoms with Gasteiger partial charge in [-0.15, -0.1) is 0 Å². The third-order valence-electron chi connectivity index (χ3n) is 3.15. The lowest BCUT2D eigenvalue weighted by molar-refractivity contribution is 0.739. The van der Waals surface area contributed by atoms with Crippen molar-refractivity contribution in [2.45, 2.75) is 33.7 Å². The topological polar surface area (TPSA) is 43.8 Å². The van der Waals surface area contributed by atoms with E-state index in [-0.39, 0.29) is 0 Å². The Kier molecular flexibility index (Phi) is 3.18. The predicted octanol–water partition coefficient (Wildman–Crippen LogP) is 3.02. The maximum atomic E-state index is 6.12. The summed E-state index contributed by atoms with van der Waals surface area (Å²) in [5.74, 6) is 1.73. The third kappa shape index (κ3) is 2.05. The molecule has 0 saturated heterocycles. The molecular weight excluding hydrogens is 210 g/mol. The lowest BCUT2D eigenvalue weighted by Gasteiger charge is -2.04. The zero-order valence-electron chi connectivity index (χ0n) is 10.7. The van der Waals surface area contributed by atoms with E-state index in [1.807, 2.05) is 11.5 Å². The fraction of sp³-hybridized carbons (Fsp3) is 0.357. The first-order valence-electron chi connectivity index (χ1n) is 6.09. The fourth-order valence-electron chi connectivity index (χ4n) is 2.09. The molecule has 0 amide bonds. The van der Waals surface area contributed by atoms with Crippen LogP contribution in [0, 0.1) is 6.92 Å². The monoisotopic (exact) mass is 229 g/mol. The van der Waals surface area contributed by atoms with Crippen LogP contribution in [0.4, 0.5) is 5.82 Å². The van der Waals surface area contributed by atoms with Gasteiger partial charge in [0.25, 0.3) is 0 Å². The SMILES string of the molecule is CCc1ccc(-c2nc(C)n(CC)c2N)cc1. The number of aryl methyl sites for hydroxylation is 2. The number of rotatable bonds is 3. The molecule has 90 valence electrons. The van der Waals surface area contributed by atoms with E-state index in [0.717, 1.165) is 35.9 Å². The molecule has 1 heterocycles. The number of nitrogen functional groups attached to an aromatic ring is 1. The van der Waals surface area contributed by atoms with E-state index in [9.17, 15) is 0 Å². The summed E-state index contributed by atoms with van der Waals surface area (Å²) in [6.07, 6.45) is 1.05. The second-order valence-electron chi connectivity index (χ2n) is 4.19. The summed E-state index contributed by atoms with van der Waals surface area (Å²) in [5.41, 5.74) is 9.44. The van der Waals surface area contributed by atoms with Crippen molar-refractivity contribution < 1.29 is 0 Å². The minimum Gasteiger partial charge on any atom is -0.383 e. The molecule has 17 heavy (non-hydrogen) atoms. The van der Waals surface area contributed by atoms with Crippen LogP contribution in [0.15, 0.2) is 24.3 Å². The van der Waals surface area contributed by atoms with Crippen molar-refractivity contribution in [2.75, 3.05) is 5.73 Å². The zero-order chi connectivity index (χ0) is 12.4. The van der Waals surface area contributed by atoms with Crippen LogP contribution in [0.3, 0.4) is 0 Å². The number of anilines is 1. The van der Waals surface area contributed by atoms with Gasteiger partial charge in [0.05, 0.1) is 0 Å². The predicted molar refractivity (Wildman–Crippen MR) is 71.9 cm³/mol. The van der Waals surface area contributed by atoms with Gasteiger partial charge in [0.2, 0.25) is 0 Å². The first-order valence-corrected chi connectivity index (χ1v) is 6.09. The van der Waals surface area contributed by atoms with Gasteiger partial charge in [0, 0.05) is 12.1 Å². The largest absolute Gasteiger partial charge is 0.383 e. The molecular formula is C14H19N3. The Morgan fingerprint density at radius 3 is 2.29 bits per heavy atom. The molecule has 1 aromatic carbocycles. The van der Waals surface area contributed by atoms with Crippen molar-refractivity contribution in [1.29, 1.82) is 0 Å². The van der Waals surface area contributed by atoms with Gasteiger partial charge in [-0.25, -0.2) is 4.98 Å². The average Bonchev–Trinajstić information content (AvgIpc) is 2.64. The van der Waals surface area contributed by atoms with Gasteiger partial charge in [-0.05, 0) is 25.8 Å². The summed E-state index contributed by atoms with van der Waals surface area (Å²) in [5, 5.41) is 0. The van der Waals surface area contributed by atoms with Crippen LogP contribution in [-0.2, 0) is 13.0 Å². The van der Waals surface area contributed by atoms with E-state index in [1.54, 1.807) is 0 Å². The van der Waals surface area contributed by atoms with Gasteiger partial charge in [0.1, 0.15) is 17.3 Å². The highest BCUT2D eigenvalue weighted by Crippen LogP contribution is 2.26. The van der Waals surface area contributed by atoms with Gasteiger partial charge in [0.15, 0.2) is 0 Å². The van der Waals surface area contributed by atoms with Crippen LogP contribution in [0.1, 0.15) is 25.2 Å². The van der Waals surface area contributed by atoms with E-state index < -0.39 is 0 Å². The third-order valence-corrected chi connectivity index (χ3v) is 3.15. The van der Waals surface area contributed by atoms with Gasteiger partial charge < -0.3 is 10.3 Å². The summed E-state index contributed by atoms with van der Waals surface area (Å²) in [6.45, 7) is 7.08. The first-order chi connectivity index (χ1) is 8.17. The van der Waals surface area contributed by atoms with Crippen LogP contribution >= 0.6 is 0 Å². The van der Waals surface area contributed by atoms with E-state index in [1.165, 1.54) is 5.56 Å². The van der Waals surface area contributed by atoms with Gasteiger partial charge in [-0.1, -0.05) is 31.2 Å². The lowest BCUT2D eigenvalue weighted by Crippen LogP contribution is -2.02. The number of nitrogens with two attached hydrogens (primary N) is 1. The summed E-state index contributed by atoms with van der Waals surface area (Å²) in [4.78, 5) is 4.54. The molecule has 0 atom stereocenters. The van der Waals surface area contributed by atoms with Crippen LogP contribution in [0.5, 0.6) is 0 Å². The summed E-state index contributed by atoms with van der Waals surface area (Å²) in [7, 11) is 0. The van der Waals surface area contributed by atoms with Crippen LogP contribution in [-0.4, -0.2) is 9.55 Å². The van der Waals surface area contributed by atoms with Crippen molar-refractivity contribution in [3.8, 4) is 11.3 Å². The van der Waals surface area contributed by atoms with Crippen molar-refractivity contribution >= 4 is 5.82 Å². The molecule has 0 saturated carbocycles. The van der Waals surface area contributed by atoms with E-state index in [4.69, 9.17) is 5.73 Å². The average molecular weight is 229 g/mol. The lowest BCUT2D eigenvalue weighted by atomic mass is 10.1. The highest BCUT2D eigenvalue weighted by atomic mass is 15.1. The summed E-state index contributed by atoms with van der Waals surface area (Å²) >= 11 is 0. The van der Waals surface area contributed by atoms with Gasteiger partial charge in [-0.2, -0.15) is 0 Å². The Morgan fingerprint density at radius 1 is 1.18 bits per heavy atom. The molecule has 3 nitrogen and oxygen atoms in total. The van der Waals surface area contributed by atoms with E-state index in [0.29, 0.717) is 0 Å². The normalized spacial score (nSPS) is 10.8. The Labute approximate surface area is 102 Å². The maximum absolute atomic E-state index is 6.12. The minimum absolute atomic E-state index is 0.759. The van der Waals surface area contributed by atoms with Crippen molar-refractivity contribution in [3.05, 3.63) is 35.7 Å². The molecule has 0 spiro atoms. The Hall–Kier alpha value is -1.77. The molecule has 2 aromatic rings. The summed E-state index contributed by atoms with van der Waals surface area (Å²) < 4.78 is 2.03. The Morgan fingerprint density at radius 2 is 1.82 bits per heavy atom. The number of aromatic nitrogens is 2. The molecule has 0 fully saturated rings. The smallest absolute Gasteiger partial charge is 0.131 e. The highest BCUT2D eigenvalue weighted by Gasteiger charge is 2.12. The number of hydrogen-bond donors (Lipinski definition) is 1. The molecule has 0 bridgehead atoms. The van der Waals surface area contributed by atoms with Crippen LogP contribution < -0.4 is 5.73 Å². The Bertz CT molecular complexity index is 509. The van der Waals surface area contributed by atoms with Crippen molar-refractivity contribution in [1.82, 2.24) is 9.55 Å². The molecule has 0 aliphatic heterocycles. The molecule has 2 rings (SSSR count). The van der Waals surface area contributed by atoms with Gasteiger partial charge in [-0.3, -0.25) is 0 Å². The Balaban J connectivity index is 2.45. The number of imidazole rings is 1. The van der Waals surface area contributed by atoms with E-state index >= 15 is 0 Å². The highest BCUT2D eigenvalue weighted by molar-refractivity contribution is 5.71. The first kappa shape index (κ1) is 11.7. The molecule has 0 unspecified atom stereocenters. The standard InChI is InChI=1S/C14H19N3/c1-4-11-6-8-12(9-7-11)13-14(15)17(5-2)10(3)16-13/h6-9H,4-5,15H2,1-3H3. The van der Waals surface area contributed by atoms with Crippen LogP contribution in [0.25, 0.3) is 11.3 Å².